The van der Waals surface area contributed by atoms with Crippen molar-refractivity contribution in [1.82, 2.24) is 0 Å². The highest BCUT2D eigenvalue weighted by Gasteiger charge is 2.14. The maximum atomic E-state index is 5.87. The van der Waals surface area contributed by atoms with Gasteiger partial charge in [0, 0.05) is 24.0 Å². The molecule has 0 aliphatic heterocycles. The van der Waals surface area contributed by atoms with Crippen LogP contribution >= 0.6 is 0 Å². The Labute approximate surface area is 154 Å². The van der Waals surface area contributed by atoms with Gasteiger partial charge in [0.15, 0.2) is 0 Å². The molecule has 0 aliphatic carbocycles. The lowest BCUT2D eigenvalue weighted by Crippen LogP contribution is -2.34. The van der Waals surface area contributed by atoms with Crippen molar-refractivity contribution in [2.45, 2.75) is 64.8 Å². The number of hydrogen-bond acceptors (Lipinski definition) is 2. The third-order valence-electron chi connectivity index (χ3n) is 4.94. The van der Waals surface area contributed by atoms with E-state index in [-0.39, 0.29) is 0 Å². The smallest absolute Gasteiger partial charge is 0.0370 e. The van der Waals surface area contributed by atoms with Gasteiger partial charge < -0.3 is 10.6 Å². The lowest BCUT2D eigenvalue weighted by Gasteiger charge is -2.32. The predicted molar refractivity (Wildman–Crippen MR) is 111 cm³/mol. The van der Waals surface area contributed by atoms with Gasteiger partial charge in [-0.3, -0.25) is 0 Å². The molecule has 0 radical (unpaired) electrons. The van der Waals surface area contributed by atoms with Crippen LogP contribution in [0.2, 0.25) is 0 Å². The summed E-state index contributed by atoms with van der Waals surface area (Å²) in [5.41, 5.74) is 9.43. The lowest BCUT2D eigenvalue weighted by atomic mass is 10.0. The van der Waals surface area contributed by atoms with Crippen LogP contribution in [0.4, 0.5) is 11.4 Å². The summed E-state index contributed by atoms with van der Waals surface area (Å²) < 4.78 is 0. The largest absolute Gasteiger partial charge is 0.399 e. The third kappa shape index (κ3) is 6.81. The normalized spacial score (nSPS) is 12.1. The van der Waals surface area contributed by atoms with E-state index in [1.54, 1.807) is 0 Å². The molecule has 0 saturated carbocycles. The van der Waals surface area contributed by atoms with Crippen LogP contribution in [0.25, 0.3) is 0 Å². The van der Waals surface area contributed by atoms with E-state index in [1.807, 2.05) is 12.1 Å². The van der Waals surface area contributed by atoms with E-state index in [9.17, 15) is 0 Å². The van der Waals surface area contributed by atoms with E-state index >= 15 is 0 Å². The standard InChI is InChI=1S/C23H34N2/c1-3-4-5-7-11-20(2)25(23-17-15-22(24)16-18-23)19-10-14-21-12-8-6-9-13-21/h6,8-9,12-13,15-18,20H,3-5,7,10-11,14,19,24H2,1-2H3. The Kier molecular flexibility index (Phi) is 8.38. The summed E-state index contributed by atoms with van der Waals surface area (Å²) in [5, 5.41) is 0. The fraction of sp³-hybridized carbons (Fsp3) is 0.478. The molecule has 2 N–H and O–H groups in total. The van der Waals surface area contributed by atoms with Crippen molar-refractivity contribution in [2.24, 2.45) is 0 Å². The van der Waals surface area contributed by atoms with Crippen LogP contribution in [-0.4, -0.2) is 12.6 Å². The van der Waals surface area contributed by atoms with E-state index in [0.717, 1.165) is 18.7 Å². The number of unbranched alkanes of at least 4 members (excludes halogenated alkanes) is 3. The minimum atomic E-state index is 0.566. The van der Waals surface area contributed by atoms with Crippen LogP contribution in [0.15, 0.2) is 54.6 Å². The van der Waals surface area contributed by atoms with Gasteiger partial charge in [0.2, 0.25) is 0 Å². The molecule has 0 spiro atoms. The van der Waals surface area contributed by atoms with Crippen molar-refractivity contribution < 1.29 is 0 Å². The fourth-order valence-electron chi connectivity index (χ4n) is 3.39. The Balaban J connectivity index is 1.94. The zero-order chi connectivity index (χ0) is 17.9. The van der Waals surface area contributed by atoms with Gasteiger partial charge in [0.25, 0.3) is 0 Å². The molecule has 0 bridgehead atoms. The molecule has 0 aliphatic rings. The molecule has 136 valence electrons. The topological polar surface area (TPSA) is 29.3 Å². The van der Waals surface area contributed by atoms with Gasteiger partial charge in [0.05, 0.1) is 0 Å². The van der Waals surface area contributed by atoms with Gasteiger partial charge in [-0.05, 0) is 56.0 Å². The van der Waals surface area contributed by atoms with Crippen molar-refractivity contribution in [3.8, 4) is 0 Å². The monoisotopic (exact) mass is 338 g/mol. The third-order valence-corrected chi connectivity index (χ3v) is 4.94. The molecule has 2 heteroatoms. The number of rotatable bonds is 11. The molecular weight excluding hydrogens is 304 g/mol. The second kappa shape index (κ2) is 10.8. The summed E-state index contributed by atoms with van der Waals surface area (Å²) >= 11 is 0. The van der Waals surface area contributed by atoms with Crippen LogP contribution < -0.4 is 10.6 Å². The van der Waals surface area contributed by atoms with Crippen molar-refractivity contribution in [2.75, 3.05) is 17.2 Å². The van der Waals surface area contributed by atoms with E-state index in [0.29, 0.717) is 6.04 Å². The number of nitrogens with zero attached hydrogens (tertiary/aromatic N) is 1. The van der Waals surface area contributed by atoms with E-state index in [1.165, 1.54) is 49.8 Å². The SMILES string of the molecule is CCCCCCC(C)N(CCCc1ccccc1)c1ccc(N)cc1. The molecule has 0 fully saturated rings. The lowest BCUT2D eigenvalue weighted by molar-refractivity contribution is 0.531. The minimum absolute atomic E-state index is 0.566. The molecule has 2 aromatic rings. The second-order valence-electron chi connectivity index (χ2n) is 7.07. The summed E-state index contributed by atoms with van der Waals surface area (Å²) in [6, 6.07) is 19.7. The summed E-state index contributed by atoms with van der Waals surface area (Å²) in [5.74, 6) is 0. The molecule has 2 aromatic carbocycles. The first-order chi connectivity index (χ1) is 12.2. The Morgan fingerprint density at radius 3 is 2.28 bits per heavy atom. The highest BCUT2D eigenvalue weighted by Crippen LogP contribution is 2.22. The number of aryl methyl sites for hydroxylation is 1. The van der Waals surface area contributed by atoms with Crippen molar-refractivity contribution >= 4 is 11.4 Å². The van der Waals surface area contributed by atoms with Crippen molar-refractivity contribution in [3.05, 3.63) is 60.2 Å². The van der Waals surface area contributed by atoms with Gasteiger partial charge in [-0.15, -0.1) is 0 Å². The Hall–Kier alpha value is -1.96. The Bertz CT molecular complexity index is 577. The molecule has 25 heavy (non-hydrogen) atoms. The number of nitrogen functional groups attached to an aromatic ring is 1. The van der Waals surface area contributed by atoms with Crippen molar-refractivity contribution in [3.63, 3.8) is 0 Å². The van der Waals surface area contributed by atoms with Gasteiger partial charge in [0.1, 0.15) is 0 Å². The van der Waals surface area contributed by atoms with Crippen LogP contribution in [0.5, 0.6) is 0 Å². The molecule has 1 atom stereocenters. The average molecular weight is 339 g/mol. The molecule has 2 rings (SSSR count). The van der Waals surface area contributed by atoms with E-state index < -0.39 is 0 Å². The summed E-state index contributed by atoms with van der Waals surface area (Å²) in [6.07, 6.45) is 8.88. The van der Waals surface area contributed by atoms with E-state index in [4.69, 9.17) is 5.73 Å². The maximum absolute atomic E-state index is 5.87. The first-order valence-electron chi connectivity index (χ1n) is 9.87. The minimum Gasteiger partial charge on any atom is -0.399 e. The summed E-state index contributed by atoms with van der Waals surface area (Å²) in [7, 11) is 0. The number of anilines is 2. The van der Waals surface area contributed by atoms with Gasteiger partial charge in [-0.25, -0.2) is 0 Å². The second-order valence-corrected chi connectivity index (χ2v) is 7.07. The highest BCUT2D eigenvalue weighted by molar-refractivity contribution is 5.53. The first-order valence-corrected chi connectivity index (χ1v) is 9.87. The number of benzene rings is 2. The van der Waals surface area contributed by atoms with Crippen LogP contribution in [0.1, 0.15) is 57.9 Å². The van der Waals surface area contributed by atoms with Crippen molar-refractivity contribution in [1.29, 1.82) is 0 Å². The zero-order valence-corrected chi connectivity index (χ0v) is 16.0. The van der Waals surface area contributed by atoms with Crippen LogP contribution in [-0.2, 0) is 6.42 Å². The van der Waals surface area contributed by atoms with Gasteiger partial charge in [-0.2, -0.15) is 0 Å². The van der Waals surface area contributed by atoms with E-state index in [2.05, 4.69) is 61.2 Å². The summed E-state index contributed by atoms with van der Waals surface area (Å²) in [4.78, 5) is 2.56. The zero-order valence-electron chi connectivity index (χ0n) is 16.0. The Morgan fingerprint density at radius 2 is 1.60 bits per heavy atom. The molecule has 0 amide bonds. The quantitative estimate of drug-likeness (QED) is 0.398. The van der Waals surface area contributed by atoms with Gasteiger partial charge >= 0.3 is 0 Å². The number of hydrogen-bond donors (Lipinski definition) is 1. The number of nitrogens with two attached hydrogens (primary N) is 1. The fourth-order valence-corrected chi connectivity index (χ4v) is 3.39. The molecule has 0 heterocycles. The maximum Gasteiger partial charge on any atom is 0.0370 e. The van der Waals surface area contributed by atoms with Crippen LogP contribution in [0.3, 0.4) is 0 Å². The molecule has 2 nitrogen and oxygen atoms in total. The molecule has 1 unspecified atom stereocenters. The molecule has 0 saturated heterocycles. The van der Waals surface area contributed by atoms with Gasteiger partial charge in [-0.1, -0.05) is 62.9 Å². The van der Waals surface area contributed by atoms with Crippen LogP contribution in [0, 0.1) is 0 Å². The first kappa shape index (κ1) is 19.4. The summed E-state index contributed by atoms with van der Waals surface area (Å²) in [6.45, 7) is 5.73. The highest BCUT2D eigenvalue weighted by atomic mass is 15.2. The predicted octanol–water partition coefficient (Wildman–Crippen LogP) is 6.07. The average Bonchev–Trinajstić information content (AvgIpc) is 2.64. The molecule has 0 aromatic heterocycles. The Morgan fingerprint density at radius 1 is 0.880 bits per heavy atom. The molecular formula is C23H34N2.